The van der Waals surface area contributed by atoms with Crippen LogP contribution in [0.3, 0.4) is 0 Å². The lowest BCUT2D eigenvalue weighted by molar-refractivity contribution is -0.140. The van der Waals surface area contributed by atoms with E-state index in [1.807, 2.05) is 14.0 Å². The molecule has 16 heteroatoms. The number of aryl methyl sites for hydroxylation is 1. The highest BCUT2D eigenvalue weighted by atomic mass is 127. The molecule has 1 aromatic carbocycles. The first-order valence-corrected chi connectivity index (χ1v) is 32.8. The molecule has 0 saturated heterocycles. The van der Waals surface area contributed by atoms with Gasteiger partial charge in [-0.2, -0.15) is 8.42 Å². The normalized spacial score (nSPS) is 12.5. The lowest BCUT2D eigenvalue weighted by Crippen LogP contribution is -2.16. The van der Waals surface area contributed by atoms with Gasteiger partial charge in [0.2, 0.25) is 0 Å². The summed E-state index contributed by atoms with van der Waals surface area (Å²) in [5.74, 6) is -1.69. The molecule has 0 fully saturated rings. The maximum Gasteiger partial charge on any atom is 0.305 e. The second-order valence-electron chi connectivity index (χ2n) is 20.2. The Hall–Kier alpha value is -1.38. The zero-order valence-corrected chi connectivity index (χ0v) is 53.9. The SMILES string of the molecule is C.C.CCCCCCC[C@@H](O)CC(=O)O.CCCCCCC[C@H](CC(=O)O)OC.CCCCCCC[C@H](CCI)OC.CCCCCCC[C@H](CCO)OC.CCCCCCC[C@H](CCOS(=O)(=O)c1ccc(C)cc1)OC.[2HH].[B]. The van der Waals surface area contributed by atoms with Crippen molar-refractivity contribution < 1.29 is 63.0 Å². The number of carbonyl (C=O) groups is 2. The Labute approximate surface area is 505 Å². The maximum atomic E-state index is 12.1. The van der Waals surface area contributed by atoms with Crippen LogP contribution in [0.1, 0.15) is 281 Å². The van der Waals surface area contributed by atoms with Crippen LogP contribution >= 0.6 is 22.6 Å². The van der Waals surface area contributed by atoms with E-state index in [-0.39, 0.29) is 74.0 Å². The fraction of sp³-hybridized carbons (Fsp3) is 0.873. The fourth-order valence-corrected chi connectivity index (χ4v) is 9.77. The molecule has 1 aromatic rings. The lowest BCUT2D eigenvalue weighted by Gasteiger charge is -2.15. The van der Waals surface area contributed by atoms with Gasteiger partial charge in [0.15, 0.2) is 0 Å². The van der Waals surface area contributed by atoms with E-state index < -0.39 is 28.2 Å². The number of alkyl halides is 1. The van der Waals surface area contributed by atoms with E-state index in [0.717, 1.165) is 56.9 Å². The molecule has 0 saturated carbocycles. The molecular weight excluding hydrogens is 1130 g/mol. The average molecular weight is 1270 g/mol. The molecule has 0 aromatic heterocycles. The molecule has 4 N–H and O–H groups in total. The first-order valence-electron chi connectivity index (χ1n) is 29.9. The van der Waals surface area contributed by atoms with Gasteiger partial charge in [-0.25, -0.2) is 0 Å². The fourth-order valence-electron chi connectivity index (χ4n) is 8.16. The number of hydrogen-bond acceptors (Lipinski definition) is 11. The molecular formula is C63H129BIO13S. The van der Waals surface area contributed by atoms with E-state index in [1.54, 1.807) is 45.6 Å². The van der Waals surface area contributed by atoms with Gasteiger partial charge in [-0.1, -0.05) is 250 Å². The Bertz CT molecular complexity index is 1430. The molecule has 0 unspecified atom stereocenters. The maximum absolute atomic E-state index is 12.1. The topological polar surface area (TPSA) is 195 Å². The summed E-state index contributed by atoms with van der Waals surface area (Å²) in [6.45, 7) is 13.3. The van der Waals surface area contributed by atoms with Gasteiger partial charge in [-0.05, 0) is 70.4 Å². The van der Waals surface area contributed by atoms with Crippen molar-refractivity contribution in [3.63, 3.8) is 0 Å². The van der Waals surface area contributed by atoms with Crippen LogP contribution < -0.4 is 0 Å². The van der Waals surface area contributed by atoms with Crippen LogP contribution in [-0.4, -0.2) is 126 Å². The number of benzene rings is 1. The highest BCUT2D eigenvalue weighted by Gasteiger charge is 2.17. The van der Waals surface area contributed by atoms with Gasteiger partial charge in [0.25, 0.3) is 10.1 Å². The second-order valence-corrected chi connectivity index (χ2v) is 22.9. The smallest absolute Gasteiger partial charge is 0.305 e. The van der Waals surface area contributed by atoms with E-state index in [1.165, 1.54) is 152 Å². The Balaban J connectivity index is -0.000000137. The molecule has 0 heterocycles. The molecule has 1 rings (SSSR count). The van der Waals surface area contributed by atoms with Gasteiger partial charge >= 0.3 is 11.9 Å². The third-order valence-electron chi connectivity index (χ3n) is 13.2. The number of carboxylic acid groups (broad SMARTS) is 2. The number of rotatable bonds is 47. The number of unbranched alkanes of at least 4 members (excludes halogenated alkanes) is 20. The summed E-state index contributed by atoms with van der Waals surface area (Å²) in [6, 6.07) is 6.69. The molecule has 0 amide bonds. The predicted octanol–water partition coefficient (Wildman–Crippen LogP) is 17.6. The van der Waals surface area contributed by atoms with Crippen LogP contribution in [0.2, 0.25) is 0 Å². The summed E-state index contributed by atoms with van der Waals surface area (Å²) in [5, 5.41) is 34.9. The van der Waals surface area contributed by atoms with E-state index in [4.69, 9.17) is 38.5 Å². The highest BCUT2D eigenvalue weighted by molar-refractivity contribution is 14.1. The van der Waals surface area contributed by atoms with Crippen molar-refractivity contribution in [1.29, 1.82) is 0 Å². The number of methoxy groups -OCH3 is 4. The van der Waals surface area contributed by atoms with E-state index >= 15 is 0 Å². The van der Waals surface area contributed by atoms with Crippen LogP contribution in [0.5, 0.6) is 0 Å². The van der Waals surface area contributed by atoms with Crippen molar-refractivity contribution in [2.75, 3.05) is 46.1 Å². The third-order valence-corrected chi connectivity index (χ3v) is 15.1. The minimum atomic E-state index is -3.67. The molecule has 0 aliphatic rings. The van der Waals surface area contributed by atoms with E-state index in [9.17, 15) is 23.1 Å². The molecule has 0 aliphatic carbocycles. The van der Waals surface area contributed by atoms with E-state index in [2.05, 4.69) is 57.2 Å². The highest BCUT2D eigenvalue weighted by Crippen LogP contribution is 2.18. The van der Waals surface area contributed by atoms with Crippen LogP contribution in [0, 0.1) is 6.92 Å². The average Bonchev–Trinajstić information content (AvgIpc) is 3.39. The van der Waals surface area contributed by atoms with Crippen LogP contribution in [0.4, 0.5) is 0 Å². The van der Waals surface area contributed by atoms with Crippen LogP contribution in [0.15, 0.2) is 29.2 Å². The van der Waals surface area contributed by atoms with Crippen LogP contribution in [-0.2, 0) is 42.8 Å². The quantitative estimate of drug-likeness (QED) is 0.0158. The van der Waals surface area contributed by atoms with Gasteiger partial charge in [0.1, 0.15) is 0 Å². The van der Waals surface area contributed by atoms with Gasteiger partial charge in [-0.15, -0.1) is 0 Å². The Morgan fingerprint density at radius 3 is 1.13 bits per heavy atom. The van der Waals surface area contributed by atoms with Gasteiger partial charge in [0, 0.05) is 49.3 Å². The molecule has 13 nitrogen and oxygen atoms in total. The zero-order chi connectivity index (χ0) is 57.9. The second kappa shape index (κ2) is 70.9. The lowest BCUT2D eigenvalue weighted by atomic mass is 10.1. The number of halogens is 1. The summed E-state index contributed by atoms with van der Waals surface area (Å²) < 4.78 is 51.6. The zero-order valence-electron chi connectivity index (χ0n) is 50.9. The molecule has 0 aliphatic heterocycles. The summed E-state index contributed by atoms with van der Waals surface area (Å²) in [4.78, 5) is 20.8. The minimum Gasteiger partial charge on any atom is -0.481 e. The predicted molar refractivity (Wildman–Crippen MR) is 346 cm³/mol. The first kappa shape index (κ1) is 91.4. The van der Waals surface area contributed by atoms with Gasteiger partial charge < -0.3 is 39.4 Å². The van der Waals surface area contributed by atoms with Crippen molar-refractivity contribution in [2.24, 2.45) is 0 Å². The molecule has 475 valence electrons. The number of aliphatic hydroxyl groups excluding tert-OH is 2. The standard InChI is InChI=1S/C18H30O4S.C11H23IO.C11H22O3.C11H24O2.C10H20O3.2CH4.B.H2/c1-4-5-6-7-8-9-17(21-3)14-15-22-23(19,20)18-12-10-16(2)11-13-18;1-3-4-5-6-7-8-11(13-2)9-10-12;1-3-4-5-6-7-8-10(14-2)9-11(12)13;1-3-4-5-6-7-8-11(13-2)9-10-12;1-2-3-4-5-6-7-9(11)8-10(12)13;;;;/h10-13,17H,4-9,14-15H2,1-3H3;11H,3-10H2,1-2H3;10H,3-9H2,1-2H3,(H,12,13);11-12H,3-10H2,1-2H3;9,11H,2-8H2,1H3,(H,12,13);2*1H4;;1H/t17-;11-;10-;11-;9-;;;;/m11111..../s1/i;;;;;;;;1+1. The van der Waals surface area contributed by atoms with Crippen molar-refractivity contribution in [2.45, 2.75) is 317 Å². The number of aliphatic hydroxyl groups is 2. The summed E-state index contributed by atoms with van der Waals surface area (Å²) in [7, 11) is 3.15. The molecule has 5 atom stereocenters. The van der Waals surface area contributed by atoms with Gasteiger partial charge in [0.05, 0.1) is 54.9 Å². The third kappa shape index (κ3) is 69.0. The van der Waals surface area contributed by atoms with Crippen molar-refractivity contribution in [3.05, 3.63) is 29.8 Å². The number of carboxylic acids is 2. The number of hydrogen-bond donors (Lipinski definition) is 4. The number of aliphatic carboxylic acids is 2. The van der Waals surface area contributed by atoms with Gasteiger partial charge in [-0.3, -0.25) is 13.8 Å². The van der Waals surface area contributed by atoms with Crippen molar-refractivity contribution in [1.82, 2.24) is 0 Å². The summed E-state index contributed by atoms with van der Waals surface area (Å²) >= 11 is 2.42. The number of ether oxygens (including phenoxy) is 4. The molecule has 79 heavy (non-hydrogen) atoms. The largest absolute Gasteiger partial charge is 0.481 e. The molecule has 3 radical (unpaired) electrons. The Kier molecular flexibility index (Phi) is 82.0. The first-order chi connectivity index (χ1) is 36.5. The Morgan fingerprint density at radius 2 is 0.810 bits per heavy atom. The van der Waals surface area contributed by atoms with Crippen molar-refractivity contribution >= 4 is 53.1 Å². The van der Waals surface area contributed by atoms with Crippen LogP contribution in [0.25, 0.3) is 0 Å². The summed E-state index contributed by atoms with van der Waals surface area (Å²) in [5.41, 5.74) is 1.02. The van der Waals surface area contributed by atoms with E-state index in [0.29, 0.717) is 18.9 Å². The molecule has 0 bridgehead atoms. The van der Waals surface area contributed by atoms with Crippen molar-refractivity contribution in [3.8, 4) is 0 Å². The summed E-state index contributed by atoms with van der Waals surface area (Å²) in [6.07, 6.45) is 38.6. The molecule has 0 spiro atoms. The monoisotopic (exact) mass is 1260 g/mol. The minimum absolute atomic E-state index is 0. The Morgan fingerprint density at radius 1 is 0.494 bits per heavy atom.